The summed E-state index contributed by atoms with van der Waals surface area (Å²) in [5.74, 6) is 0.545. The summed E-state index contributed by atoms with van der Waals surface area (Å²) in [6.45, 7) is 3.46. The van der Waals surface area contributed by atoms with Crippen molar-refractivity contribution in [1.82, 2.24) is 15.2 Å². The van der Waals surface area contributed by atoms with E-state index in [0.717, 1.165) is 19.4 Å². The van der Waals surface area contributed by atoms with E-state index < -0.39 is 0 Å². The predicted molar refractivity (Wildman–Crippen MR) is 63.6 cm³/mol. The summed E-state index contributed by atoms with van der Waals surface area (Å²) in [7, 11) is 1.82. The van der Waals surface area contributed by atoms with Gasteiger partial charge in [-0.05, 0) is 33.2 Å². The Balaban J connectivity index is 2.07. The monoisotopic (exact) mass is 237 g/mol. The highest BCUT2D eigenvalue weighted by molar-refractivity contribution is 5.92. The summed E-state index contributed by atoms with van der Waals surface area (Å²) in [4.78, 5) is 18.3. The van der Waals surface area contributed by atoms with Crippen LogP contribution in [0.4, 0.5) is 0 Å². The van der Waals surface area contributed by atoms with Crippen LogP contribution in [0.1, 0.15) is 42.6 Å². The molecule has 1 aliphatic heterocycles. The van der Waals surface area contributed by atoms with E-state index in [4.69, 9.17) is 4.42 Å². The molecule has 1 N–H and O–H groups in total. The molecule has 1 saturated heterocycles. The summed E-state index contributed by atoms with van der Waals surface area (Å²) in [6, 6.07) is 0.306. The number of piperidine rings is 1. The van der Waals surface area contributed by atoms with Gasteiger partial charge in [-0.2, -0.15) is 0 Å². The van der Waals surface area contributed by atoms with Gasteiger partial charge in [0.1, 0.15) is 6.26 Å². The molecule has 5 nitrogen and oxygen atoms in total. The van der Waals surface area contributed by atoms with Gasteiger partial charge in [0, 0.05) is 12.6 Å². The van der Waals surface area contributed by atoms with E-state index >= 15 is 0 Å². The van der Waals surface area contributed by atoms with Gasteiger partial charge < -0.3 is 14.6 Å². The molecule has 1 atom stereocenters. The molecule has 5 heteroatoms. The Bertz CT molecular complexity index is 389. The van der Waals surface area contributed by atoms with Gasteiger partial charge in [-0.3, -0.25) is 4.79 Å². The van der Waals surface area contributed by atoms with Crippen LogP contribution in [0.25, 0.3) is 0 Å². The molecule has 0 bridgehead atoms. The second-order valence-electron chi connectivity index (χ2n) is 4.50. The van der Waals surface area contributed by atoms with Crippen LogP contribution in [0.5, 0.6) is 0 Å². The van der Waals surface area contributed by atoms with Crippen molar-refractivity contribution in [1.29, 1.82) is 0 Å². The van der Waals surface area contributed by atoms with Crippen molar-refractivity contribution < 1.29 is 9.21 Å². The average Bonchev–Trinajstić information content (AvgIpc) is 2.78. The van der Waals surface area contributed by atoms with Gasteiger partial charge in [0.25, 0.3) is 5.91 Å². The smallest absolute Gasteiger partial charge is 0.276 e. The molecule has 0 spiro atoms. The quantitative estimate of drug-likeness (QED) is 0.863. The molecule has 1 aromatic rings. The van der Waals surface area contributed by atoms with Crippen molar-refractivity contribution in [3.63, 3.8) is 0 Å². The number of hydrogen-bond donors (Lipinski definition) is 1. The van der Waals surface area contributed by atoms with Crippen molar-refractivity contribution in [2.24, 2.45) is 0 Å². The first-order chi connectivity index (χ1) is 8.22. The number of rotatable bonds is 3. The lowest BCUT2D eigenvalue weighted by molar-refractivity contribution is 0.0629. The maximum Gasteiger partial charge on any atom is 0.276 e. The van der Waals surface area contributed by atoms with E-state index in [1.54, 1.807) is 0 Å². The van der Waals surface area contributed by atoms with Crippen molar-refractivity contribution >= 4 is 5.91 Å². The molecular weight excluding hydrogens is 218 g/mol. The summed E-state index contributed by atoms with van der Waals surface area (Å²) < 4.78 is 5.23. The Labute approximate surface area is 101 Å². The molecule has 1 aliphatic rings. The molecule has 2 heterocycles. The van der Waals surface area contributed by atoms with Crippen molar-refractivity contribution in [3.05, 3.63) is 17.8 Å². The van der Waals surface area contributed by atoms with Crippen LogP contribution in [-0.2, 0) is 6.54 Å². The van der Waals surface area contributed by atoms with Gasteiger partial charge in [0.15, 0.2) is 5.69 Å². The van der Waals surface area contributed by atoms with Crippen LogP contribution >= 0.6 is 0 Å². The Hall–Kier alpha value is -1.36. The first-order valence-corrected chi connectivity index (χ1v) is 6.12. The van der Waals surface area contributed by atoms with Crippen LogP contribution in [0.3, 0.4) is 0 Å². The lowest BCUT2D eigenvalue weighted by Gasteiger charge is -2.32. The minimum absolute atomic E-state index is 0.0108. The van der Waals surface area contributed by atoms with Crippen molar-refractivity contribution in [2.75, 3.05) is 13.6 Å². The van der Waals surface area contributed by atoms with Gasteiger partial charge in [-0.1, -0.05) is 0 Å². The number of nitrogens with one attached hydrogen (secondary N) is 1. The van der Waals surface area contributed by atoms with Gasteiger partial charge in [-0.25, -0.2) is 4.98 Å². The second kappa shape index (κ2) is 5.31. The summed E-state index contributed by atoms with van der Waals surface area (Å²) in [6.07, 6.45) is 4.81. The van der Waals surface area contributed by atoms with E-state index in [1.807, 2.05) is 11.9 Å². The SMILES string of the molecule is CNCc1nc(C(=O)N2CCCCC2C)co1. The zero-order chi connectivity index (χ0) is 12.3. The Morgan fingerprint density at radius 3 is 3.18 bits per heavy atom. The highest BCUT2D eigenvalue weighted by Crippen LogP contribution is 2.18. The first-order valence-electron chi connectivity index (χ1n) is 6.12. The van der Waals surface area contributed by atoms with E-state index in [0.29, 0.717) is 24.2 Å². The normalized spacial score (nSPS) is 20.6. The van der Waals surface area contributed by atoms with Crippen molar-refractivity contribution in [2.45, 2.75) is 38.8 Å². The van der Waals surface area contributed by atoms with Gasteiger partial charge in [-0.15, -0.1) is 0 Å². The van der Waals surface area contributed by atoms with E-state index in [9.17, 15) is 4.79 Å². The Kier molecular flexibility index (Phi) is 3.78. The minimum atomic E-state index is -0.0108. The van der Waals surface area contributed by atoms with E-state index in [-0.39, 0.29) is 5.91 Å². The maximum atomic E-state index is 12.2. The molecular formula is C12H19N3O2. The standard InChI is InChI=1S/C12H19N3O2/c1-9-5-3-4-6-15(9)12(16)10-8-17-11(14-10)7-13-2/h8-9,13H,3-7H2,1-2H3. The van der Waals surface area contributed by atoms with E-state index in [1.165, 1.54) is 12.7 Å². The van der Waals surface area contributed by atoms with Gasteiger partial charge in [0.2, 0.25) is 5.89 Å². The molecule has 94 valence electrons. The zero-order valence-electron chi connectivity index (χ0n) is 10.4. The first kappa shape index (κ1) is 12.1. The third-order valence-electron chi connectivity index (χ3n) is 3.16. The van der Waals surface area contributed by atoms with E-state index in [2.05, 4.69) is 17.2 Å². The molecule has 0 radical (unpaired) electrons. The fourth-order valence-corrected chi connectivity index (χ4v) is 2.19. The number of amides is 1. The molecule has 1 unspecified atom stereocenters. The highest BCUT2D eigenvalue weighted by atomic mass is 16.3. The van der Waals surface area contributed by atoms with Gasteiger partial charge in [0.05, 0.1) is 6.54 Å². The summed E-state index contributed by atoms with van der Waals surface area (Å²) >= 11 is 0. The Morgan fingerprint density at radius 2 is 2.47 bits per heavy atom. The predicted octanol–water partition coefficient (Wildman–Crippen LogP) is 1.41. The van der Waals surface area contributed by atoms with Crippen LogP contribution < -0.4 is 5.32 Å². The molecule has 17 heavy (non-hydrogen) atoms. The average molecular weight is 237 g/mol. The molecule has 1 amide bonds. The highest BCUT2D eigenvalue weighted by Gasteiger charge is 2.26. The largest absolute Gasteiger partial charge is 0.447 e. The van der Waals surface area contributed by atoms with Crippen LogP contribution in [0.15, 0.2) is 10.7 Å². The summed E-state index contributed by atoms with van der Waals surface area (Å²) in [5, 5.41) is 2.94. The molecule has 2 rings (SSSR count). The van der Waals surface area contributed by atoms with Gasteiger partial charge >= 0.3 is 0 Å². The number of oxazole rings is 1. The molecule has 0 aromatic carbocycles. The second-order valence-corrected chi connectivity index (χ2v) is 4.50. The number of carbonyl (C=O) groups is 1. The topological polar surface area (TPSA) is 58.4 Å². The third-order valence-corrected chi connectivity index (χ3v) is 3.16. The summed E-state index contributed by atoms with van der Waals surface area (Å²) in [5.41, 5.74) is 0.420. The maximum absolute atomic E-state index is 12.2. The lowest BCUT2D eigenvalue weighted by atomic mass is 10.0. The number of likely N-dealkylation sites (tertiary alicyclic amines) is 1. The fraction of sp³-hybridized carbons (Fsp3) is 0.667. The molecule has 1 fully saturated rings. The van der Waals surface area contributed by atoms with Crippen LogP contribution in [-0.4, -0.2) is 35.4 Å². The molecule has 0 saturated carbocycles. The van der Waals surface area contributed by atoms with Crippen LogP contribution in [0, 0.1) is 0 Å². The fourth-order valence-electron chi connectivity index (χ4n) is 2.19. The van der Waals surface area contributed by atoms with Crippen molar-refractivity contribution in [3.8, 4) is 0 Å². The number of carbonyl (C=O) groups excluding carboxylic acids is 1. The minimum Gasteiger partial charge on any atom is -0.447 e. The number of nitrogens with zero attached hydrogens (tertiary/aromatic N) is 2. The third kappa shape index (κ3) is 2.66. The number of aromatic nitrogens is 1. The molecule has 0 aliphatic carbocycles. The molecule has 1 aromatic heterocycles. The lowest BCUT2D eigenvalue weighted by Crippen LogP contribution is -2.42. The number of hydrogen-bond acceptors (Lipinski definition) is 4. The Morgan fingerprint density at radius 1 is 1.65 bits per heavy atom. The zero-order valence-corrected chi connectivity index (χ0v) is 10.4. The van der Waals surface area contributed by atoms with Crippen LogP contribution in [0.2, 0.25) is 0 Å².